The second-order valence-corrected chi connectivity index (χ2v) is 10.0. The Morgan fingerprint density at radius 1 is 1.14 bits per heavy atom. The Kier molecular flexibility index (Phi) is 12.1. The monoisotopic (exact) mass is 537 g/mol. The lowest BCUT2D eigenvalue weighted by Gasteiger charge is -2.25. The summed E-state index contributed by atoms with van der Waals surface area (Å²) in [6.45, 7) is 1.48. The Bertz CT molecular complexity index is 849. The molecular formula is C27H40F5NO4. The van der Waals surface area contributed by atoms with Gasteiger partial charge in [0.15, 0.2) is 6.61 Å². The number of nitrogens with one attached hydrogen (secondary N) is 1. The molecule has 1 aliphatic carbocycles. The summed E-state index contributed by atoms with van der Waals surface area (Å²) in [5, 5.41) is 22.5. The van der Waals surface area contributed by atoms with Crippen LogP contribution >= 0.6 is 0 Å². The number of hydrogen-bond acceptors (Lipinski definition) is 4. The number of amides is 1. The van der Waals surface area contributed by atoms with Crippen LogP contribution in [-0.4, -0.2) is 53.6 Å². The zero-order valence-electron chi connectivity index (χ0n) is 21.6. The molecule has 1 aliphatic rings. The third kappa shape index (κ3) is 9.39. The number of hydrogen-bond donors (Lipinski definition) is 3. The van der Waals surface area contributed by atoms with Gasteiger partial charge < -0.3 is 20.3 Å². The molecule has 0 spiro atoms. The summed E-state index contributed by atoms with van der Waals surface area (Å²) in [5.41, 5.74) is 1.81. The lowest BCUT2D eigenvalue weighted by Crippen LogP contribution is -2.47. The molecule has 1 amide bonds. The van der Waals surface area contributed by atoms with Crippen molar-refractivity contribution in [2.24, 2.45) is 11.8 Å². The highest BCUT2D eigenvalue weighted by molar-refractivity contribution is 5.77. The molecule has 4 atom stereocenters. The summed E-state index contributed by atoms with van der Waals surface area (Å²) >= 11 is 0. The summed E-state index contributed by atoms with van der Waals surface area (Å²) in [5.74, 6) is -5.44. The van der Waals surface area contributed by atoms with Crippen molar-refractivity contribution >= 4 is 5.91 Å². The van der Waals surface area contributed by atoms with Crippen molar-refractivity contribution in [1.82, 2.24) is 5.32 Å². The Hall–Kier alpha value is -1.94. The van der Waals surface area contributed by atoms with E-state index in [0.717, 1.165) is 49.7 Å². The van der Waals surface area contributed by atoms with E-state index in [1.165, 1.54) is 0 Å². The number of ether oxygens (including phenoxy) is 1. The highest BCUT2D eigenvalue weighted by Crippen LogP contribution is 2.39. The Morgan fingerprint density at radius 3 is 2.51 bits per heavy atom. The molecule has 10 heteroatoms. The van der Waals surface area contributed by atoms with Gasteiger partial charge in [0.1, 0.15) is 5.75 Å². The first kappa shape index (κ1) is 31.3. The van der Waals surface area contributed by atoms with Crippen LogP contribution in [0.25, 0.3) is 0 Å². The van der Waals surface area contributed by atoms with Gasteiger partial charge in [-0.2, -0.15) is 22.0 Å². The summed E-state index contributed by atoms with van der Waals surface area (Å²) in [4.78, 5) is 11.9. The lowest BCUT2D eigenvalue weighted by molar-refractivity contribution is -0.278. The number of rotatable bonds is 15. The summed E-state index contributed by atoms with van der Waals surface area (Å²) in [7, 11) is 0. The number of carbonyl (C=O) groups excluding carboxylic acids is 1. The van der Waals surface area contributed by atoms with Crippen molar-refractivity contribution in [3.8, 4) is 5.75 Å². The number of unbranched alkanes of at least 4 members (excludes halogenated alkanes) is 2. The van der Waals surface area contributed by atoms with Gasteiger partial charge in [-0.25, -0.2) is 0 Å². The van der Waals surface area contributed by atoms with Crippen LogP contribution < -0.4 is 10.1 Å². The molecule has 1 aromatic rings. The van der Waals surface area contributed by atoms with Crippen LogP contribution in [0.4, 0.5) is 22.0 Å². The fourth-order valence-electron chi connectivity index (χ4n) is 5.09. The normalized spacial score (nSPS) is 21.2. The fourth-order valence-corrected chi connectivity index (χ4v) is 5.09. The number of alkyl halides is 5. The van der Waals surface area contributed by atoms with E-state index in [4.69, 9.17) is 4.74 Å². The van der Waals surface area contributed by atoms with Crippen molar-refractivity contribution in [2.75, 3.05) is 13.2 Å². The van der Waals surface area contributed by atoms with Gasteiger partial charge in [-0.05, 0) is 74.0 Å². The van der Waals surface area contributed by atoms with Crippen molar-refractivity contribution in [3.05, 3.63) is 29.3 Å². The minimum absolute atomic E-state index is 0.0659. The van der Waals surface area contributed by atoms with E-state index in [1.54, 1.807) is 17.4 Å². The minimum atomic E-state index is -5.75. The van der Waals surface area contributed by atoms with E-state index < -0.39 is 37.3 Å². The second-order valence-electron chi connectivity index (χ2n) is 10.0. The molecular weight excluding hydrogens is 497 g/mol. The van der Waals surface area contributed by atoms with E-state index in [-0.39, 0.29) is 17.9 Å². The molecule has 0 aromatic heterocycles. The van der Waals surface area contributed by atoms with Crippen LogP contribution in [0.2, 0.25) is 0 Å². The maximum absolute atomic E-state index is 13.0. The highest BCUT2D eigenvalue weighted by atomic mass is 19.4. The molecule has 1 saturated carbocycles. The van der Waals surface area contributed by atoms with E-state index in [2.05, 4.69) is 6.92 Å². The predicted molar refractivity (Wildman–Crippen MR) is 131 cm³/mol. The largest absolute Gasteiger partial charge is 0.483 e. The Labute approximate surface area is 215 Å². The number of benzene rings is 1. The SMILES string of the molecule is CCCCC[C@H](O)CC[C@@H]1[C@@H](Cc2cccc(OCC(=O)NCC(F)(F)C(F)(F)F)c2CC)CC[C@H]1O. The summed E-state index contributed by atoms with van der Waals surface area (Å²) < 4.78 is 68.4. The van der Waals surface area contributed by atoms with Crippen LogP contribution in [0.5, 0.6) is 5.75 Å². The third-order valence-electron chi connectivity index (χ3n) is 7.25. The van der Waals surface area contributed by atoms with Crippen LogP contribution in [0.3, 0.4) is 0 Å². The molecule has 0 radical (unpaired) electrons. The number of carbonyl (C=O) groups is 1. The molecule has 0 saturated heterocycles. The van der Waals surface area contributed by atoms with Crippen LogP contribution in [-0.2, 0) is 17.6 Å². The quantitative estimate of drug-likeness (QED) is 0.201. The van der Waals surface area contributed by atoms with E-state index >= 15 is 0 Å². The summed E-state index contributed by atoms with van der Waals surface area (Å²) in [6.07, 6.45) is 1.57. The first-order chi connectivity index (χ1) is 17.4. The highest BCUT2D eigenvalue weighted by Gasteiger charge is 2.57. The zero-order chi connectivity index (χ0) is 27.6. The van der Waals surface area contributed by atoms with E-state index in [1.807, 2.05) is 13.0 Å². The molecule has 1 aromatic carbocycles. The molecule has 0 unspecified atom stereocenters. The molecule has 0 bridgehead atoms. The molecule has 0 heterocycles. The average Bonchev–Trinajstić information content (AvgIpc) is 3.18. The number of aliphatic hydroxyl groups is 2. The summed E-state index contributed by atoms with van der Waals surface area (Å²) in [6, 6.07) is 5.32. The van der Waals surface area contributed by atoms with Crippen LogP contribution in [0.15, 0.2) is 18.2 Å². The molecule has 3 N–H and O–H groups in total. The second kappa shape index (κ2) is 14.3. The maximum atomic E-state index is 13.0. The van der Waals surface area contributed by atoms with Gasteiger partial charge >= 0.3 is 12.1 Å². The van der Waals surface area contributed by atoms with Gasteiger partial charge in [-0.15, -0.1) is 0 Å². The van der Waals surface area contributed by atoms with Crippen molar-refractivity contribution < 1.29 is 41.7 Å². The molecule has 2 rings (SSSR count). The third-order valence-corrected chi connectivity index (χ3v) is 7.25. The number of halogens is 5. The minimum Gasteiger partial charge on any atom is -0.483 e. The molecule has 37 heavy (non-hydrogen) atoms. The Balaban J connectivity index is 1.97. The fraction of sp³-hybridized carbons (Fsp3) is 0.741. The van der Waals surface area contributed by atoms with E-state index in [0.29, 0.717) is 31.4 Å². The van der Waals surface area contributed by atoms with Crippen molar-refractivity contribution in [2.45, 2.75) is 102 Å². The molecule has 0 aliphatic heterocycles. The van der Waals surface area contributed by atoms with Gasteiger partial charge in [-0.1, -0.05) is 45.2 Å². The van der Waals surface area contributed by atoms with E-state index in [9.17, 15) is 37.0 Å². The van der Waals surface area contributed by atoms with Gasteiger partial charge in [-0.3, -0.25) is 4.79 Å². The first-order valence-electron chi connectivity index (χ1n) is 13.2. The lowest BCUT2D eigenvalue weighted by atomic mass is 9.83. The topological polar surface area (TPSA) is 78.8 Å². The van der Waals surface area contributed by atoms with Gasteiger partial charge in [0, 0.05) is 0 Å². The van der Waals surface area contributed by atoms with Gasteiger partial charge in [0.25, 0.3) is 5.91 Å². The standard InChI is InChI=1S/C27H40F5NO4/c1-3-5-6-9-20(34)12-13-22-19(11-14-23(22)35)15-18-8-7-10-24(21(18)4-2)37-16-25(36)33-17-26(28,29)27(30,31)32/h7-8,10,19-20,22-23,34-35H,3-6,9,11-17H2,1-2H3,(H,33,36)/t19-,20+,22-,23-/m1/s1. The van der Waals surface area contributed by atoms with Gasteiger partial charge in [0.05, 0.1) is 18.8 Å². The van der Waals surface area contributed by atoms with Gasteiger partial charge in [0.2, 0.25) is 0 Å². The maximum Gasteiger partial charge on any atom is 0.455 e. The molecule has 5 nitrogen and oxygen atoms in total. The van der Waals surface area contributed by atoms with Crippen LogP contribution in [0, 0.1) is 11.8 Å². The molecule has 1 fully saturated rings. The predicted octanol–water partition coefficient (Wildman–Crippen LogP) is 5.59. The molecule has 212 valence electrons. The number of aliphatic hydroxyl groups excluding tert-OH is 2. The van der Waals surface area contributed by atoms with Crippen molar-refractivity contribution in [1.29, 1.82) is 0 Å². The van der Waals surface area contributed by atoms with Crippen LogP contribution in [0.1, 0.15) is 76.3 Å². The smallest absolute Gasteiger partial charge is 0.455 e. The average molecular weight is 538 g/mol. The van der Waals surface area contributed by atoms with Crippen molar-refractivity contribution in [3.63, 3.8) is 0 Å². The zero-order valence-corrected chi connectivity index (χ0v) is 21.6. The first-order valence-corrected chi connectivity index (χ1v) is 13.2. The Morgan fingerprint density at radius 2 is 1.86 bits per heavy atom.